The summed E-state index contributed by atoms with van der Waals surface area (Å²) < 4.78 is 10.5. The summed E-state index contributed by atoms with van der Waals surface area (Å²) in [5.41, 5.74) is 0. The molecular weight excluding hydrogens is 176 g/mol. The molecule has 0 aliphatic rings. The van der Waals surface area contributed by atoms with Crippen LogP contribution in [-0.2, 0) is 9.47 Å². The van der Waals surface area contributed by atoms with E-state index in [4.69, 9.17) is 22.3 Å². The molecule has 0 aliphatic heterocycles. The molecular formula is C12H18O2. The molecule has 14 heavy (non-hydrogen) atoms. The van der Waals surface area contributed by atoms with E-state index in [0.29, 0.717) is 38.3 Å². The van der Waals surface area contributed by atoms with E-state index in [1.54, 1.807) is 0 Å². The van der Waals surface area contributed by atoms with Crippen LogP contribution >= 0.6 is 0 Å². The van der Waals surface area contributed by atoms with Crippen LogP contribution in [0.1, 0.15) is 13.8 Å². The van der Waals surface area contributed by atoms with Crippen LogP contribution in [0.15, 0.2) is 0 Å². The minimum atomic E-state index is 0.358. The first-order valence-electron chi connectivity index (χ1n) is 4.74. The molecule has 0 heterocycles. The molecule has 0 spiro atoms. The molecule has 2 heteroatoms. The predicted molar refractivity (Wildman–Crippen MR) is 57.6 cm³/mol. The summed E-state index contributed by atoms with van der Waals surface area (Å²) in [6.45, 7) is 6.24. The second-order valence-corrected chi connectivity index (χ2v) is 3.44. The number of ether oxygens (including phenoxy) is 2. The molecule has 0 aromatic rings. The van der Waals surface area contributed by atoms with E-state index < -0.39 is 0 Å². The fourth-order valence-electron chi connectivity index (χ4n) is 0.971. The van der Waals surface area contributed by atoms with Crippen molar-refractivity contribution in [3.05, 3.63) is 0 Å². The van der Waals surface area contributed by atoms with Crippen LogP contribution in [0.2, 0.25) is 0 Å². The van der Waals surface area contributed by atoms with Crippen molar-refractivity contribution < 1.29 is 9.47 Å². The highest BCUT2D eigenvalue weighted by molar-refractivity contribution is 4.84. The summed E-state index contributed by atoms with van der Waals surface area (Å²) in [6, 6.07) is 0. The van der Waals surface area contributed by atoms with Gasteiger partial charge in [0.15, 0.2) is 0 Å². The van der Waals surface area contributed by atoms with Gasteiger partial charge >= 0.3 is 0 Å². The third-order valence-electron chi connectivity index (χ3n) is 1.98. The van der Waals surface area contributed by atoms with Crippen molar-refractivity contribution in [2.75, 3.05) is 26.4 Å². The number of hydrogen-bond acceptors (Lipinski definition) is 2. The van der Waals surface area contributed by atoms with Crippen molar-refractivity contribution in [1.29, 1.82) is 0 Å². The fraction of sp³-hybridized carbons (Fsp3) is 0.667. The zero-order valence-corrected chi connectivity index (χ0v) is 8.95. The highest BCUT2D eigenvalue weighted by atomic mass is 16.5. The Labute approximate surface area is 87.0 Å². The summed E-state index contributed by atoms with van der Waals surface area (Å²) in [5, 5.41) is 0. The lowest BCUT2D eigenvalue weighted by Gasteiger charge is -2.19. The van der Waals surface area contributed by atoms with Gasteiger partial charge in [0.2, 0.25) is 0 Å². The topological polar surface area (TPSA) is 18.5 Å². The maximum absolute atomic E-state index is 5.27. The summed E-state index contributed by atoms with van der Waals surface area (Å²) in [5.74, 6) is 5.73. The molecule has 78 valence electrons. The monoisotopic (exact) mass is 194 g/mol. The maximum atomic E-state index is 5.27. The van der Waals surface area contributed by atoms with E-state index in [1.807, 2.05) is 0 Å². The molecule has 2 nitrogen and oxygen atoms in total. The first-order chi connectivity index (χ1) is 6.72. The van der Waals surface area contributed by atoms with Crippen molar-refractivity contribution in [1.82, 2.24) is 0 Å². The van der Waals surface area contributed by atoms with Gasteiger partial charge in [-0.15, -0.1) is 12.8 Å². The molecule has 0 fully saturated rings. The van der Waals surface area contributed by atoms with E-state index >= 15 is 0 Å². The Kier molecular flexibility index (Phi) is 8.04. The third kappa shape index (κ3) is 6.54. The SMILES string of the molecule is C#CCOCC(COCC#C)C(C)C. The van der Waals surface area contributed by atoms with Crippen molar-refractivity contribution in [2.45, 2.75) is 13.8 Å². The van der Waals surface area contributed by atoms with Gasteiger partial charge in [0.1, 0.15) is 13.2 Å². The van der Waals surface area contributed by atoms with Crippen LogP contribution in [0.3, 0.4) is 0 Å². The average molecular weight is 194 g/mol. The van der Waals surface area contributed by atoms with Crippen LogP contribution in [0.25, 0.3) is 0 Å². The van der Waals surface area contributed by atoms with E-state index in [1.165, 1.54) is 0 Å². The smallest absolute Gasteiger partial charge is 0.107 e. The van der Waals surface area contributed by atoms with Crippen LogP contribution < -0.4 is 0 Å². The van der Waals surface area contributed by atoms with Gasteiger partial charge in [-0.2, -0.15) is 0 Å². The van der Waals surface area contributed by atoms with Crippen molar-refractivity contribution in [3.63, 3.8) is 0 Å². The Morgan fingerprint density at radius 1 is 1.00 bits per heavy atom. The Morgan fingerprint density at radius 3 is 1.71 bits per heavy atom. The van der Waals surface area contributed by atoms with Gasteiger partial charge in [-0.1, -0.05) is 25.7 Å². The molecule has 0 aromatic heterocycles. The molecule has 0 saturated carbocycles. The van der Waals surface area contributed by atoms with Gasteiger partial charge in [-0.3, -0.25) is 0 Å². The minimum Gasteiger partial charge on any atom is -0.368 e. The number of hydrogen-bond donors (Lipinski definition) is 0. The molecule has 0 atom stereocenters. The van der Waals surface area contributed by atoms with Gasteiger partial charge in [0, 0.05) is 5.92 Å². The molecule has 0 N–H and O–H groups in total. The number of rotatable bonds is 7. The summed E-state index contributed by atoms with van der Waals surface area (Å²) >= 11 is 0. The van der Waals surface area contributed by atoms with Crippen LogP contribution in [0.5, 0.6) is 0 Å². The van der Waals surface area contributed by atoms with E-state index in [0.717, 1.165) is 0 Å². The molecule has 0 saturated heterocycles. The third-order valence-corrected chi connectivity index (χ3v) is 1.98. The predicted octanol–water partition coefficient (Wildman–Crippen LogP) is 1.56. The zero-order valence-electron chi connectivity index (χ0n) is 8.95. The second-order valence-electron chi connectivity index (χ2n) is 3.44. The molecule has 0 aromatic carbocycles. The molecule has 0 bridgehead atoms. The normalized spacial score (nSPS) is 10.1. The summed E-state index contributed by atoms with van der Waals surface area (Å²) in [7, 11) is 0. The lowest BCUT2D eigenvalue weighted by molar-refractivity contribution is 0.0421. The standard InChI is InChI=1S/C12H18O2/c1-5-7-13-9-12(11(3)4)10-14-8-6-2/h1-2,11-12H,7-10H2,3-4H3. The highest BCUT2D eigenvalue weighted by Crippen LogP contribution is 2.11. The Bertz CT molecular complexity index is 187. The molecule has 0 aliphatic carbocycles. The van der Waals surface area contributed by atoms with Gasteiger partial charge in [0.05, 0.1) is 13.2 Å². The van der Waals surface area contributed by atoms with E-state index in [2.05, 4.69) is 25.7 Å². The maximum Gasteiger partial charge on any atom is 0.107 e. The minimum absolute atomic E-state index is 0.358. The van der Waals surface area contributed by atoms with Crippen molar-refractivity contribution >= 4 is 0 Å². The molecule has 0 radical (unpaired) electrons. The average Bonchev–Trinajstić information content (AvgIpc) is 2.15. The lowest BCUT2D eigenvalue weighted by Crippen LogP contribution is -2.22. The second kappa shape index (κ2) is 8.63. The Balaban J connectivity index is 3.68. The first-order valence-corrected chi connectivity index (χ1v) is 4.74. The van der Waals surface area contributed by atoms with Crippen molar-refractivity contribution in [3.8, 4) is 24.7 Å². The Hall–Kier alpha value is -0.960. The zero-order chi connectivity index (χ0) is 10.8. The fourth-order valence-corrected chi connectivity index (χ4v) is 0.971. The summed E-state index contributed by atoms with van der Waals surface area (Å²) in [6.07, 6.45) is 10.2. The molecule has 0 rings (SSSR count). The van der Waals surface area contributed by atoms with Crippen LogP contribution in [0.4, 0.5) is 0 Å². The van der Waals surface area contributed by atoms with Gasteiger partial charge in [0.25, 0.3) is 0 Å². The van der Waals surface area contributed by atoms with Crippen LogP contribution in [0, 0.1) is 36.5 Å². The van der Waals surface area contributed by atoms with Gasteiger partial charge in [-0.25, -0.2) is 0 Å². The lowest BCUT2D eigenvalue weighted by atomic mass is 9.98. The Morgan fingerprint density at radius 2 is 1.43 bits per heavy atom. The van der Waals surface area contributed by atoms with E-state index in [-0.39, 0.29) is 0 Å². The number of terminal acetylenes is 2. The largest absolute Gasteiger partial charge is 0.368 e. The first kappa shape index (κ1) is 13.0. The van der Waals surface area contributed by atoms with Crippen LogP contribution in [-0.4, -0.2) is 26.4 Å². The van der Waals surface area contributed by atoms with E-state index in [9.17, 15) is 0 Å². The van der Waals surface area contributed by atoms with Crippen molar-refractivity contribution in [2.24, 2.45) is 11.8 Å². The van der Waals surface area contributed by atoms with Gasteiger partial charge < -0.3 is 9.47 Å². The molecule has 0 unspecified atom stereocenters. The quantitative estimate of drug-likeness (QED) is 0.452. The summed E-state index contributed by atoms with van der Waals surface area (Å²) in [4.78, 5) is 0. The van der Waals surface area contributed by atoms with Gasteiger partial charge in [-0.05, 0) is 5.92 Å². The highest BCUT2D eigenvalue weighted by Gasteiger charge is 2.13. The molecule has 0 amide bonds.